The molecule has 0 saturated heterocycles. The molecule has 4 heteroatoms. The first kappa shape index (κ1) is 12.3. The van der Waals surface area contributed by atoms with Crippen LogP contribution in [0.4, 0.5) is 0 Å². The maximum atomic E-state index is 5.95. The summed E-state index contributed by atoms with van der Waals surface area (Å²) in [6, 6.07) is 5.98. The van der Waals surface area contributed by atoms with E-state index >= 15 is 0 Å². The average molecular weight is 317 g/mol. The fraction of sp³-hybridized carbons (Fsp3) is 0.250. The van der Waals surface area contributed by atoms with Crippen LogP contribution < -0.4 is 0 Å². The van der Waals surface area contributed by atoms with Crippen molar-refractivity contribution in [3.63, 3.8) is 0 Å². The topological polar surface area (TPSA) is 12.9 Å². The average Bonchev–Trinajstić information content (AvgIpc) is 2.67. The first-order chi connectivity index (χ1) is 7.72. The molecule has 0 radical (unpaired) electrons. The predicted octanol–water partition coefficient (Wildman–Crippen LogP) is 4.06. The summed E-state index contributed by atoms with van der Waals surface area (Å²) in [4.78, 5) is 6.01. The summed E-state index contributed by atoms with van der Waals surface area (Å²) in [5.41, 5.74) is 1.05. The van der Waals surface area contributed by atoms with Gasteiger partial charge in [-0.05, 0) is 0 Å². The Labute approximate surface area is 111 Å². The Morgan fingerprint density at radius 1 is 1.56 bits per heavy atom. The molecule has 0 bridgehead atoms. The van der Waals surface area contributed by atoms with Crippen molar-refractivity contribution in [1.82, 2.24) is 4.98 Å². The zero-order valence-corrected chi connectivity index (χ0v) is 12.4. The van der Waals surface area contributed by atoms with Gasteiger partial charge in [-0.3, -0.25) is 0 Å². The molecule has 0 unspecified atom stereocenters. The van der Waals surface area contributed by atoms with Gasteiger partial charge < -0.3 is 0 Å². The molecule has 16 heavy (non-hydrogen) atoms. The number of thioether (sulfide) groups is 1. The summed E-state index contributed by atoms with van der Waals surface area (Å²) >= 11 is 8.10. The third kappa shape index (κ3) is 2.72. The molecule has 0 fully saturated rings. The molecule has 1 nitrogen and oxygen atoms in total. The van der Waals surface area contributed by atoms with Gasteiger partial charge >= 0.3 is 111 Å². The van der Waals surface area contributed by atoms with Gasteiger partial charge in [0.1, 0.15) is 0 Å². The Balaban J connectivity index is 2.43. The van der Waals surface area contributed by atoms with Crippen LogP contribution in [-0.4, -0.2) is 25.7 Å². The van der Waals surface area contributed by atoms with Gasteiger partial charge in [0, 0.05) is 0 Å². The van der Waals surface area contributed by atoms with Gasteiger partial charge in [0.05, 0.1) is 0 Å². The second-order valence-electron chi connectivity index (χ2n) is 3.33. The van der Waals surface area contributed by atoms with Crippen molar-refractivity contribution in [1.29, 1.82) is 0 Å². The minimum absolute atomic E-state index is 0.343. The van der Waals surface area contributed by atoms with E-state index in [0.29, 0.717) is 14.5 Å². The Hall–Kier alpha value is -0.211. The van der Waals surface area contributed by atoms with Crippen molar-refractivity contribution >= 4 is 53.7 Å². The van der Waals surface area contributed by atoms with E-state index in [0.717, 1.165) is 17.0 Å². The van der Waals surface area contributed by atoms with Crippen molar-refractivity contribution in [3.8, 4) is 0 Å². The Kier molecular flexibility index (Phi) is 4.15. The quantitative estimate of drug-likeness (QED) is 0.792. The number of nitrogens with zero attached hydrogens (tertiary/aromatic N) is 1. The third-order valence-corrected chi connectivity index (χ3v) is 5.49. The molecule has 0 aliphatic carbocycles. The van der Waals surface area contributed by atoms with Crippen LogP contribution in [-0.2, 0) is 0 Å². The molecular formula is C12H12ClNSSe. The second kappa shape index (κ2) is 5.41. The summed E-state index contributed by atoms with van der Waals surface area (Å²) in [6.45, 7) is 2.18. The SMILES string of the molecule is CCC(=Cc1nc2cc(Cl)ccc2[se]1)SC. The molecule has 84 valence electrons. The zero-order chi connectivity index (χ0) is 11.5. The molecular weight excluding hydrogens is 305 g/mol. The minimum atomic E-state index is 0.343. The number of hydrogen-bond acceptors (Lipinski definition) is 2. The fourth-order valence-electron chi connectivity index (χ4n) is 1.42. The van der Waals surface area contributed by atoms with Crippen molar-refractivity contribution in [3.05, 3.63) is 32.7 Å². The van der Waals surface area contributed by atoms with Gasteiger partial charge in [-0.15, -0.1) is 0 Å². The van der Waals surface area contributed by atoms with Crippen LogP contribution in [0.5, 0.6) is 0 Å². The van der Waals surface area contributed by atoms with Crippen LogP contribution in [0.2, 0.25) is 5.02 Å². The Morgan fingerprint density at radius 2 is 2.38 bits per heavy atom. The molecule has 2 aromatic rings. The van der Waals surface area contributed by atoms with Crippen molar-refractivity contribution in [2.45, 2.75) is 13.3 Å². The van der Waals surface area contributed by atoms with E-state index in [1.165, 1.54) is 13.7 Å². The van der Waals surface area contributed by atoms with Gasteiger partial charge in [-0.25, -0.2) is 0 Å². The molecule has 1 heterocycles. The van der Waals surface area contributed by atoms with Crippen molar-refractivity contribution in [2.24, 2.45) is 0 Å². The Bertz CT molecular complexity index is 527. The van der Waals surface area contributed by atoms with E-state index in [1.807, 2.05) is 12.1 Å². The summed E-state index contributed by atoms with van der Waals surface area (Å²) in [5, 5.41) is 0.768. The number of aromatic nitrogens is 1. The second-order valence-corrected chi connectivity index (χ2v) is 6.93. The summed E-state index contributed by atoms with van der Waals surface area (Å²) in [7, 11) is 0. The number of allylic oxidation sites excluding steroid dienone is 1. The fourth-order valence-corrected chi connectivity index (χ4v) is 4.20. The first-order valence-electron chi connectivity index (χ1n) is 5.03. The van der Waals surface area contributed by atoms with Gasteiger partial charge in [-0.1, -0.05) is 0 Å². The molecule has 0 atom stereocenters. The molecule has 0 amide bonds. The first-order valence-corrected chi connectivity index (χ1v) is 8.35. The van der Waals surface area contributed by atoms with Gasteiger partial charge in [0.2, 0.25) is 0 Å². The van der Waals surface area contributed by atoms with Gasteiger partial charge in [0.15, 0.2) is 0 Å². The van der Waals surface area contributed by atoms with Crippen molar-refractivity contribution < 1.29 is 0 Å². The van der Waals surface area contributed by atoms with E-state index in [9.17, 15) is 0 Å². The van der Waals surface area contributed by atoms with Crippen LogP contribution in [0.3, 0.4) is 0 Å². The van der Waals surface area contributed by atoms with Crippen LogP contribution in [0.1, 0.15) is 17.9 Å². The maximum absolute atomic E-state index is 5.95. The molecule has 0 N–H and O–H groups in total. The van der Waals surface area contributed by atoms with Crippen LogP contribution in [0.15, 0.2) is 23.1 Å². The number of rotatable bonds is 3. The van der Waals surface area contributed by atoms with E-state index < -0.39 is 0 Å². The number of benzene rings is 1. The molecule has 1 aromatic heterocycles. The molecule has 0 saturated carbocycles. The van der Waals surface area contributed by atoms with E-state index in [1.54, 1.807) is 11.8 Å². The van der Waals surface area contributed by atoms with Crippen molar-refractivity contribution in [2.75, 3.05) is 6.26 Å². The van der Waals surface area contributed by atoms with Crippen LogP contribution >= 0.6 is 23.4 Å². The third-order valence-electron chi connectivity index (χ3n) is 2.26. The van der Waals surface area contributed by atoms with Gasteiger partial charge in [-0.2, -0.15) is 0 Å². The molecule has 0 aliphatic heterocycles. The Morgan fingerprint density at radius 3 is 3.06 bits per heavy atom. The number of halogens is 1. The van der Waals surface area contributed by atoms with Gasteiger partial charge in [0.25, 0.3) is 0 Å². The summed E-state index contributed by atoms with van der Waals surface area (Å²) in [6.07, 6.45) is 5.41. The van der Waals surface area contributed by atoms with E-state index in [-0.39, 0.29) is 0 Å². The molecule has 0 aliphatic rings. The van der Waals surface area contributed by atoms with E-state index in [4.69, 9.17) is 11.6 Å². The number of fused-ring (bicyclic) bond motifs is 1. The molecule has 1 aromatic carbocycles. The molecule has 2 rings (SSSR count). The summed E-state index contributed by atoms with van der Waals surface area (Å²) < 4.78 is 2.54. The zero-order valence-electron chi connectivity index (χ0n) is 9.16. The van der Waals surface area contributed by atoms with Crippen LogP contribution in [0, 0.1) is 0 Å². The standard InChI is InChI=1S/C12H12ClNSSe/c1-3-9(15-2)7-12-14-10-6-8(13)4-5-11(10)16-12/h4-7H,3H2,1-2H3. The van der Waals surface area contributed by atoms with Crippen LogP contribution in [0.25, 0.3) is 15.9 Å². The summed E-state index contributed by atoms with van der Waals surface area (Å²) in [5.74, 6) is 0. The van der Waals surface area contributed by atoms with E-state index in [2.05, 4.69) is 30.3 Å². The number of hydrogen-bond donors (Lipinski definition) is 0. The normalized spacial score (nSPS) is 12.3. The predicted molar refractivity (Wildman–Crippen MR) is 75.5 cm³/mol. The molecule has 0 spiro atoms. The monoisotopic (exact) mass is 317 g/mol.